The largest absolute Gasteiger partial charge is 0.508 e. The van der Waals surface area contributed by atoms with Gasteiger partial charge in [-0.3, -0.25) is 9.59 Å². The molecule has 0 radical (unpaired) electrons. The topological polar surface area (TPSA) is 125 Å². The molecule has 0 fully saturated rings. The van der Waals surface area contributed by atoms with E-state index in [4.69, 9.17) is 0 Å². The van der Waals surface area contributed by atoms with Crippen LogP contribution in [0.5, 0.6) is 23.0 Å². The van der Waals surface area contributed by atoms with Crippen LogP contribution in [0.1, 0.15) is 19.8 Å². The second-order valence-electron chi connectivity index (χ2n) is 21.9. The van der Waals surface area contributed by atoms with Gasteiger partial charge < -0.3 is 29.6 Å². The molecule has 14 rings (SSSR count). The van der Waals surface area contributed by atoms with Crippen molar-refractivity contribution in [1.82, 2.24) is 9.13 Å². The van der Waals surface area contributed by atoms with Gasteiger partial charge in [0.05, 0.1) is 64.4 Å². The highest BCUT2D eigenvalue weighted by Gasteiger charge is 2.32. The molecule has 2 heterocycles. The number of unbranched alkanes of at least 4 members (excludes halogenated alkanes) is 1. The molecule has 0 spiro atoms. The van der Waals surface area contributed by atoms with E-state index in [1.165, 1.54) is 23.5 Å². The first-order valence-electron chi connectivity index (χ1n) is 30.2. The van der Waals surface area contributed by atoms with Crippen molar-refractivity contribution in [3.63, 3.8) is 0 Å². The lowest BCUT2D eigenvalue weighted by Crippen LogP contribution is -2.13. The Morgan fingerprint density at radius 2 is 0.645 bits per heavy atom. The van der Waals surface area contributed by atoms with Gasteiger partial charge in [-0.05, 0) is 225 Å². The molecule has 0 unspecified atom stereocenters. The van der Waals surface area contributed by atoms with Crippen LogP contribution in [0, 0.1) is 0 Å². The van der Waals surface area contributed by atoms with Crippen LogP contribution in [0.2, 0.25) is 0 Å². The van der Waals surface area contributed by atoms with Crippen molar-refractivity contribution < 1.29 is 20.4 Å². The minimum absolute atomic E-state index is 0.0351. The Kier molecular flexibility index (Phi) is 19.1. The number of phenolic OH excluding ortho intramolecular Hbond substituents is 4. The molecule has 8 nitrogen and oxygen atoms in total. The lowest BCUT2D eigenvalue weighted by Gasteiger charge is -2.16. The molecule has 14 aromatic rings. The summed E-state index contributed by atoms with van der Waals surface area (Å²) in [6, 6.07) is 91.8. The Balaban J connectivity index is 0.000000170. The maximum absolute atomic E-state index is 14.0. The van der Waals surface area contributed by atoms with Gasteiger partial charge in [-0.25, -0.2) is 0 Å². The second-order valence-corrected chi connectivity index (χ2v) is 30.5. The Morgan fingerprint density at radius 3 is 1.06 bits per heavy atom. The zero-order valence-electron chi connectivity index (χ0n) is 50.6. The number of hydrogen-bond acceptors (Lipinski definition) is 10. The third-order valence-corrected chi connectivity index (χ3v) is 24.4. The highest BCUT2D eigenvalue weighted by molar-refractivity contribution is 8.00. The van der Waals surface area contributed by atoms with Gasteiger partial charge >= 0.3 is 0 Å². The number of aromatic nitrogens is 2. The van der Waals surface area contributed by atoms with Crippen LogP contribution in [0.3, 0.4) is 0 Å². The van der Waals surface area contributed by atoms with E-state index < -0.39 is 21.8 Å². The van der Waals surface area contributed by atoms with Crippen molar-refractivity contribution in [3.8, 4) is 23.0 Å². The third kappa shape index (κ3) is 14.0. The van der Waals surface area contributed by atoms with Gasteiger partial charge in [0.2, 0.25) is 0 Å². The Morgan fingerprint density at radius 1 is 0.333 bits per heavy atom. The number of aromatic hydroxyl groups is 4. The fourth-order valence-electron chi connectivity index (χ4n) is 11.2. The summed E-state index contributed by atoms with van der Waals surface area (Å²) in [5, 5.41) is 42.8. The summed E-state index contributed by atoms with van der Waals surface area (Å²) >= 11 is 6.35. The van der Waals surface area contributed by atoms with E-state index in [2.05, 4.69) is 156 Å². The lowest BCUT2D eigenvalue weighted by molar-refractivity contribution is 0.462. The van der Waals surface area contributed by atoms with E-state index in [9.17, 15) is 30.0 Å². The summed E-state index contributed by atoms with van der Waals surface area (Å²) < 4.78 is 4.39. The summed E-state index contributed by atoms with van der Waals surface area (Å²) in [6.45, 7) is 3.05. The predicted octanol–water partition coefficient (Wildman–Crippen LogP) is 20.3. The average molecular weight is 1330 g/mol. The monoisotopic (exact) mass is 1330 g/mol. The molecule has 0 aliphatic rings. The van der Waals surface area contributed by atoms with Crippen LogP contribution in [0.4, 0.5) is 0 Å². The lowest BCUT2D eigenvalue weighted by atomic mass is 10.1. The number of aryl methyl sites for hydroxylation is 2. The summed E-state index contributed by atoms with van der Waals surface area (Å²) in [5.74, 6) is 1.04. The van der Waals surface area contributed by atoms with Gasteiger partial charge in [0.25, 0.3) is 0 Å². The quantitative estimate of drug-likeness (QED) is 0.0517. The van der Waals surface area contributed by atoms with Crippen molar-refractivity contribution in [2.45, 2.75) is 94.8 Å². The molecule has 0 bridgehead atoms. The average Bonchev–Trinajstić information content (AvgIpc) is 0.791. The molecule has 458 valence electrons. The predicted molar refractivity (Wildman–Crippen MR) is 386 cm³/mol. The molecule has 0 saturated carbocycles. The van der Waals surface area contributed by atoms with E-state index in [0.717, 1.165) is 121 Å². The number of para-hydroxylation sites is 4. The van der Waals surface area contributed by atoms with Gasteiger partial charge in [0, 0.05) is 65.9 Å². The SMILES string of the molecule is CCCCn1c2ccccc2c(=O)c2cc([S+](c3ccc(Sc4ccc(O)cc4)cc3)c3ccc(Sc4ccc(O)cc4)cc3)ccc21.Cn1c2ccccc2c(=O)c2cc([S+](c3ccc(Sc4ccccc4O)cc3)c3ccc(Sc4ccccc4O)cc3)ccc21. The Hall–Kier alpha value is -9.12. The molecular formula is C79H62N2O6S6+2. The number of rotatable bonds is 17. The third-order valence-electron chi connectivity index (χ3n) is 15.8. The molecule has 2 aromatic heterocycles. The molecular weight excluding hydrogens is 1270 g/mol. The van der Waals surface area contributed by atoms with Crippen LogP contribution >= 0.6 is 47.0 Å². The maximum atomic E-state index is 14.0. The summed E-state index contributed by atoms with van der Waals surface area (Å²) in [6.07, 6.45) is 2.11. The summed E-state index contributed by atoms with van der Waals surface area (Å²) in [5.41, 5.74) is 3.87. The van der Waals surface area contributed by atoms with E-state index in [-0.39, 0.29) is 33.9 Å². The molecule has 93 heavy (non-hydrogen) atoms. The number of nitrogens with zero attached hydrogens (tertiary/aromatic N) is 2. The molecule has 12 aromatic carbocycles. The normalized spacial score (nSPS) is 11.4. The minimum Gasteiger partial charge on any atom is -0.508 e. The number of benzene rings is 12. The zero-order valence-corrected chi connectivity index (χ0v) is 55.5. The number of hydrogen-bond donors (Lipinski definition) is 4. The molecule has 14 heteroatoms. The number of phenols is 4. The maximum Gasteiger partial charge on any atom is 0.197 e. The van der Waals surface area contributed by atoms with E-state index in [1.807, 2.05) is 110 Å². The van der Waals surface area contributed by atoms with Crippen LogP contribution in [0.25, 0.3) is 43.6 Å². The highest BCUT2D eigenvalue weighted by Crippen LogP contribution is 2.42. The van der Waals surface area contributed by atoms with Gasteiger partial charge in [0.1, 0.15) is 23.0 Å². The van der Waals surface area contributed by atoms with Crippen LogP contribution in [-0.2, 0) is 35.4 Å². The zero-order chi connectivity index (χ0) is 64.0. The van der Waals surface area contributed by atoms with Crippen LogP contribution in [-0.4, -0.2) is 29.6 Å². The number of fused-ring (bicyclic) bond motifs is 4. The first-order valence-corrected chi connectivity index (χ1v) is 36.0. The summed E-state index contributed by atoms with van der Waals surface area (Å²) in [7, 11) is 1.03. The molecule has 0 aliphatic heterocycles. The molecule has 0 aliphatic carbocycles. The Bertz CT molecular complexity index is 4940. The van der Waals surface area contributed by atoms with Crippen molar-refractivity contribution in [2.75, 3.05) is 0 Å². The van der Waals surface area contributed by atoms with Crippen molar-refractivity contribution >= 4 is 112 Å². The first kappa shape index (κ1) is 62.7. The van der Waals surface area contributed by atoms with Gasteiger partial charge in [-0.1, -0.05) is 109 Å². The van der Waals surface area contributed by atoms with Gasteiger partial charge in [-0.15, -0.1) is 0 Å². The second kappa shape index (κ2) is 28.4. The first-order chi connectivity index (χ1) is 45.4. The minimum atomic E-state index is -0.503. The fourth-order valence-corrected chi connectivity index (χ4v) is 18.6. The fraction of sp³-hybridized carbons (Fsp3) is 0.0633. The number of pyridine rings is 2. The van der Waals surface area contributed by atoms with E-state index >= 15 is 0 Å². The summed E-state index contributed by atoms with van der Waals surface area (Å²) in [4.78, 5) is 42.4. The molecule has 0 amide bonds. The van der Waals surface area contributed by atoms with Crippen LogP contribution < -0.4 is 10.9 Å². The van der Waals surface area contributed by atoms with E-state index in [1.54, 1.807) is 59.9 Å². The van der Waals surface area contributed by atoms with Crippen LogP contribution in [0.15, 0.2) is 357 Å². The van der Waals surface area contributed by atoms with E-state index in [0.29, 0.717) is 10.8 Å². The van der Waals surface area contributed by atoms with Crippen molar-refractivity contribution in [3.05, 3.63) is 299 Å². The molecule has 0 atom stereocenters. The van der Waals surface area contributed by atoms with Gasteiger partial charge in [-0.2, -0.15) is 0 Å². The molecule has 4 N–H and O–H groups in total. The standard InChI is InChI=1S/C41H33NO3S3.C38H27NO3S3/c1-2-3-26-42-39-7-5-4-6-37(39)41(45)38-27-36(24-25-40(38)42)48(34-20-16-32(17-21-34)46-30-12-8-28(43)9-13-30)35-22-18-33(19-23-35)47-31-14-10-29(44)11-15-31;1-39-32-9-3-2-8-30(32)38(42)31-24-29(22-23-33(31)39)45(27-18-14-25(15-19-27)43-36-12-6-4-10-34(36)40)28-20-16-26(17-21-28)44-37-13-7-5-11-35(37)41/h4-25,27H,2-3,26H2,1H3,(H-,43,44);2-24H,1H3,(H-,40,41)/p+2. The smallest absolute Gasteiger partial charge is 0.197 e. The molecule has 0 saturated heterocycles. The van der Waals surface area contributed by atoms with Gasteiger partial charge in [0.15, 0.2) is 40.2 Å². The Labute approximate surface area is 562 Å². The highest BCUT2D eigenvalue weighted by atomic mass is 32.2. The van der Waals surface area contributed by atoms with Crippen molar-refractivity contribution in [2.24, 2.45) is 7.05 Å². The van der Waals surface area contributed by atoms with Crippen molar-refractivity contribution in [1.29, 1.82) is 0 Å².